The van der Waals surface area contributed by atoms with E-state index < -0.39 is 6.16 Å². The molecule has 0 spiro atoms. The molecule has 0 amide bonds. The predicted octanol–water partition coefficient (Wildman–Crippen LogP) is 3.80. The van der Waals surface area contributed by atoms with E-state index in [4.69, 9.17) is 5.11 Å². The number of carbonyl (C=O) groups is 1. The maximum Gasteiger partial charge on any atom is 0.511 e. The van der Waals surface area contributed by atoms with Crippen molar-refractivity contribution in [1.82, 2.24) is 0 Å². The molecule has 4 nitrogen and oxygen atoms in total. The van der Waals surface area contributed by atoms with E-state index in [0.29, 0.717) is 5.56 Å². The third-order valence-corrected chi connectivity index (χ3v) is 2.98. The fourth-order valence-electron chi connectivity index (χ4n) is 1.36. The Hall–Kier alpha value is -0.750. The normalized spacial score (nSPS) is 10.5. The van der Waals surface area contributed by atoms with Crippen LogP contribution >= 0.6 is 31.9 Å². The molecule has 0 aromatic heterocycles. The Labute approximate surface area is 109 Å². The number of carboxylic acid groups (broad SMARTS) is 1. The van der Waals surface area contributed by atoms with Crippen molar-refractivity contribution in [3.63, 3.8) is 0 Å². The van der Waals surface area contributed by atoms with Crippen molar-refractivity contribution in [3.05, 3.63) is 23.3 Å². The van der Waals surface area contributed by atoms with Crippen LogP contribution in [0.4, 0.5) is 4.79 Å². The van der Waals surface area contributed by atoms with E-state index in [9.17, 15) is 9.90 Å². The summed E-state index contributed by atoms with van der Waals surface area (Å²) in [6.07, 6.45) is -0.726. The van der Waals surface area contributed by atoms with Crippen LogP contribution in [0.2, 0.25) is 0 Å². The van der Waals surface area contributed by atoms with E-state index in [0.717, 1.165) is 12.0 Å². The van der Waals surface area contributed by atoms with Crippen molar-refractivity contribution in [2.75, 3.05) is 0 Å². The van der Waals surface area contributed by atoms with Gasteiger partial charge in [0.25, 0.3) is 0 Å². The highest BCUT2D eigenvalue weighted by Gasteiger charge is 2.18. The molecule has 0 heterocycles. The molecular formula is C10H10Br2O4. The number of phenolic OH excluding ortho intramolecular Hbond substituents is 1. The van der Waals surface area contributed by atoms with Crippen molar-refractivity contribution in [2.45, 2.75) is 17.1 Å². The second-order valence-corrected chi connectivity index (χ2v) is 6.07. The van der Waals surface area contributed by atoms with Gasteiger partial charge in [0.15, 0.2) is 11.5 Å². The third-order valence-electron chi connectivity index (χ3n) is 2.07. The van der Waals surface area contributed by atoms with Crippen molar-refractivity contribution in [3.8, 4) is 11.5 Å². The van der Waals surface area contributed by atoms with Gasteiger partial charge in [0.05, 0.1) is 3.74 Å². The Balaban J connectivity index is 3.26. The quantitative estimate of drug-likeness (QED) is 0.492. The number of alkyl halides is 2. The number of hydrogen-bond acceptors (Lipinski definition) is 3. The molecule has 1 aromatic rings. The number of hydrogen-bond donors (Lipinski definition) is 2. The van der Waals surface area contributed by atoms with E-state index in [2.05, 4.69) is 36.6 Å². The molecule has 0 atom stereocenters. The molecule has 1 rings (SSSR count). The van der Waals surface area contributed by atoms with Gasteiger partial charge in [0.2, 0.25) is 0 Å². The molecular weight excluding hydrogens is 344 g/mol. The monoisotopic (exact) mass is 352 g/mol. The lowest BCUT2D eigenvalue weighted by molar-refractivity contribution is 0.143. The topological polar surface area (TPSA) is 66.8 Å². The van der Waals surface area contributed by atoms with E-state index in [1.54, 1.807) is 6.07 Å². The van der Waals surface area contributed by atoms with Gasteiger partial charge in [0.1, 0.15) is 0 Å². The van der Waals surface area contributed by atoms with Crippen molar-refractivity contribution < 1.29 is 19.7 Å². The van der Waals surface area contributed by atoms with Gasteiger partial charge in [-0.3, -0.25) is 0 Å². The fraction of sp³-hybridized carbons (Fsp3) is 0.300. The lowest BCUT2D eigenvalue weighted by atomic mass is 10.1. The Kier molecular flexibility index (Phi) is 4.61. The zero-order valence-electron chi connectivity index (χ0n) is 8.41. The third kappa shape index (κ3) is 2.89. The first kappa shape index (κ1) is 13.3. The highest BCUT2D eigenvalue weighted by atomic mass is 79.9. The fourth-order valence-corrected chi connectivity index (χ4v) is 2.38. The van der Waals surface area contributed by atoms with Crippen LogP contribution in [-0.2, 0) is 6.42 Å². The summed E-state index contributed by atoms with van der Waals surface area (Å²) in [5.41, 5.74) is 1.50. The van der Waals surface area contributed by atoms with Crippen LogP contribution in [0.25, 0.3) is 0 Å². The number of aromatic hydroxyl groups is 1. The molecule has 88 valence electrons. The Morgan fingerprint density at radius 3 is 2.56 bits per heavy atom. The van der Waals surface area contributed by atoms with Gasteiger partial charge in [-0.2, -0.15) is 0 Å². The summed E-state index contributed by atoms with van der Waals surface area (Å²) in [5, 5.41) is 18.4. The lowest BCUT2D eigenvalue weighted by Gasteiger charge is -2.13. The van der Waals surface area contributed by atoms with Crippen molar-refractivity contribution in [2.24, 2.45) is 0 Å². The summed E-state index contributed by atoms with van der Waals surface area (Å²) in [7, 11) is 0. The number of phenols is 1. The summed E-state index contributed by atoms with van der Waals surface area (Å²) in [4.78, 5) is 10.4. The van der Waals surface area contributed by atoms with E-state index >= 15 is 0 Å². The Morgan fingerprint density at radius 1 is 1.50 bits per heavy atom. The molecule has 0 aliphatic rings. The average Bonchev–Trinajstić information content (AvgIpc) is 2.19. The summed E-state index contributed by atoms with van der Waals surface area (Å²) >= 11 is 6.56. The molecule has 0 saturated heterocycles. The number of ether oxygens (including phenoxy) is 1. The molecule has 0 fully saturated rings. The highest BCUT2D eigenvalue weighted by Crippen LogP contribution is 2.42. The van der Waals surface area contributed by atoms with Crippen LogP contribution in [0, 0.1) is 0 Å². The summed E-state index contributed by atoms with van der Waals surface area (Å²) in [6, 6.07) is 3.16. The first-order valence-corrected chi connectivity index (χ1v) is 6.34. The van der Waals surface area contributed by atoms with E-state index in [-0.39, 0.29) is 15.2 Å². The van der Waals surface area contributed by atoms with Gasteiger partial charge in [-0.1, -0.05) is 44.8 Å². The van der Waals surface area contributed by atoms with Crippen LogP contribution in [0.15, 0.2) is 12.1 Å². The average molecular weight is 354 g/mol. The number of halogens is 2. The molecule has 0 radical (unpaired) electrons. The van der Waals surface area contributed by atoms with Crippen LogP contribution < -0.4 is 4.74 Å². The first-order valence-electron chi connectivity index (χ1n) is 4.51. The summed E-state index contributed by atoms with van der Waals surface area (Å²) in [5.74, 6) is -0.232. The second-order valence-electron chi connectivity index (χ2n) is 3.01. The zero-order chi connectivity index (χ0) is 12.3. The largest absolute Gasteiger partial charge is 0.511 e. The minimum absolute atomic E-state index is 0.0661. The van der Waals surface area contributed by atoms with Gasteiger partial charge in [-0.25, -0.2) is 4.79 Å². The predicted molar refractivity (Wildman–Crippen MR) is 66.7 cm³/mol. The van der Waals surface area contributed by atoms with Crippen LogP contribution in [0.5, 0.6) is 11.5 Å². The SMILES string of the molecule is CCc1ccc(OC(=O)O)c(O)c1C(Br)Br. The Bertz CT molecular complexity index is 404. The van der Waals surface area contributed by atoms with Gasteiger partial charge < -0.3 is 14.9 Å². The maximum atomic E-state index is 10.4. The minimum Gasteiger partial charge on any atom is -0.504 e. The van der Waals surface area contributed by atoms with Crippen LogP contribution in [-0.4, -0.2) is 16.4 Å². The zero-order valence-corrected chi connectivity index (χ0v) is 11.6. The maximum absolute atomic E-state index is 10.4. The highest BCUT2D eigenvalue weighted by molar-refractivity contribution is 9.24. The number of benzene rings is 1. The van der Waals surface area contributed by atoms with Crippen molar-refractivity contribution >= 4 is 38.0 Å². The standard InChI is InChI=1S/C10H10Br2O4/c1-2-5-3-4-6(16-10(14)15)8(13)7(5)9(11)12/h3-4,9,13H,2H2,1H3,(H,14,15). The van der Waals surface area contributed by atoms with Gasteiger partial charge in [-0.15, -0.1) is 0 Å². The number of aryl methyl sites for hydroxylation is 1. The molecule has 0 aliphatic carbocycles. The van der Waals surface area contributed by atoms with E-state index in [1.165, 1.54) is 6.07 Å². The lowest BCUT2D eigenvalue weighted by Crippen LogP contribution is -2.04. The van der Waals surface area contributed by atoms with Crippen LogP contribution in [0.1, 0.15) is 21.8 Å². The molecule has 6 heteroatoms. The molecule has 0 unspecified atom stereocenters. The van der Waals surface area contributed by atoms with Gasteiger partial charge >= 0.3 is 6.16 Å². The molecule has 16 heavy (non-hydrogen) atoms. The van der Waals surface area contributed by atoms with Crippen LogP contribution in [0.3, 0.4) is 0 Å². The molecule has 1 aromatic carbocycles. The number of rotatable bonds is 3. The summed E-state index contributed by atoms with van der Waals surface area (Å²) < 4.78 is 4.20. The van der Waals surface area contributed by atoms with Gasteiger partial charge in [-0.05, 0) is 18.1 Å². The smallest absolute Gasteiger partial charge is 0.504 e. The minimum atomic E-state index is -1.45. The van der Waals surface area contributed by atoms with Gasteiger partial charge in [0, 0.05) is 5.56 Å². The summed E-state index contributed by atoms with van der Waals surface area (Å²) in [6.45, 7) is 1.94. The van der Waals surface area contributed by atoms with Crippen molar-refractivity contribution in [1.29, 1.82) is 0 Å². The second kappa shape index (κ2) is 5.54. The molecule has 2 N–H and O–H groups in total. The molecule has 0 bridgehead atoms. The Morgan fingerprint density at radius 2 is 2.12 bits per heavy atom. The molecule has 0 saturated carbocycles. The molecule has 0 aliphatic heterocycles. The van der Waals surface area contributed by atoms with E-state index in [1.807, 2.05) is 6.92 Å². The first-order chi connectivity index (χ1) is 7.47.